The van der Waals surface area contributed by atoms with Crippen molar-refractivity contribution in [3.63, 3.8) is 0 Å². The van der Waals surface area contributed by atoms with Crippen LogP contribution in [0.1, 0.15) is 19.8 Å². The third-order valence-corrected chi connectivity index (χ3v) is 3.38. The molecule has 1 aliphatic heterocycles. The SMILES string of the molecule is CC(=O)Nc1ccc(NC2CCN(C(N)=O)CC2)cc1. The minimum atomic E-state index is -0.344. The van der Waals surface area contributed by atoms with Crippen molar-refractivity contribution in [2.45, 2.75) is 25.8 Å². The first kappa shape index (κ1) is 14.2. The number of nitrogens with one attached hydrogen (secondary N) is 2. The fourth-order valence-corrected chi connectivity index (χ4v) is 2.33. The standard InChI is InChI=1S/C14H20N4O2/c1-10(19)16-11-2-4-12(5-3-11)17-13-6-8-18(9-7-13)14(15)20/h2-5,13,17H,6-9H2,1H3,(H2,15,20)(H,16,19). The summed E-state index contributed by atoms with van der Waals surface area (Å²) >= 11 is 0. The van der Waals surface area contributed by atoms with Gasteiger partial charge in [-0.2, -0.15) is 0 Å². The van der Waals surface area contributed by atoms with E-state index in [1.807, 2.05) is 24.3 Å². The number of carbonyl (C=O) groups excluding carboxylic acids is 2. The van der Waals surface area contributed by atoms with E-state index in [0.717, 1.165) is 24.2 Å². The molecule has 1 aromatic rings. The molecule has 3 amide bonds. The van der Waals surface area contributed by atoms with E-state index in [1.165, 1.54) is 6.92 Å². The molecule has 1 fully saturated rings. The Kier molecular flexibility index (Phi) is 4.45. The van der Waals surface area contributed by atoms with Crippen LogP contribution >= 0.6 is 0 Å². The molecule has 0 saturated carbocycles. The summed E-state index contributed by atoms with van der Waals surface area (Å²) in [6.45, 7) is 2.87. The number of hydrogen-bond acceptors (Lipinski definition) is 3. The van der Waals surface area contributed by atoms with E-state index >= 15 is 0 Å². The maximum atomic E-state index is 11.0. The molecule has 108 valence electrons. The summed E-state index contributed by atoms with van der Waals surface area (Å²) in [5.41, 5.74) is 7.05. The Labute approximate surface area is 118 Å². The molecule has 1 aliphatic rings. The van der Waals surface area contributed by atoms with E-state index in [0.29, 0.717) is 19.1 Å². The van der Waals surface area contributed by atoms with Gasteiger partial charge in [-0.3, -0.25) is 4.79 Å². The van der Waals surface area contributed by atoms with Crippen LogP contribution in [0.2, 0.25) is 0 Å². The average molecular weight is 276 g/mol. The van der Waals surface area contributed by atoms with Crippen molar-refractivity contribution in [1.82, 2.24) is 4.90 Å². The Bertz CT molecular complexity index is 478. The topological polar surface area (TPSA) is 87.5 Å². The highest BCUT2D eigenvalue weighted by Crippen LogP contribution is 2.18. The Morgan fingerprint density at radius 2 is 1.70 bits per heavy atom. The lowest BCUT2D eigenvalue weighted by molar-refractivity contribution is -0.114. The molecule has 1 heterocycles. The highest BCUT2D eigenvalue weighted by molar-refractivity contribution is 5.88. The predicted molar refractivity (Wildman–Crippen MR) is 78.5 cm³/mol. The molecule has 1 saturated heterocycles. The van der Waals surface area contributed by atoms with Gasteiger partial charge in [0.15, 0.2) is 0 Å². The van der Waals surface area contributed by atoms with Crippen LogP contribution in [0, 0.1) is 0 Å². The fourth-order valence-electron chi connectivity index (χ4n) is 2.33. The van der Waals surface area contributed by atoms with Crippen molar-refractivity contribution >= 4 is 23.3 Å². The number of benzene rings is 1. The van der Waals surface area contributed by atoms with Gasteiger partial charge in [0, 0.05) is 37.4 Å². The molecule has 0 bridgehead atoms. The van der Waals surface area contributed by atoms with Gasteiger partial charge in [0.25, 0.3) is 0 Å². The van der Waals surface area contributed by atoms with Gasteiger partial charge in [0.2, 0.25) is 5.91 Å². The van der Waals surface area contributed by atoms with Gasteiger partial charge in [-0.15, -0.1) is 0 Å². The smallest absolute Gasteiger partial charge is 0.314 e. The van der Waals surface area contributed by atoms with Crippen molar-refractivity contribution in [3.05, 3.63) is 24.3 Å². The molecule has 0 aliphatic carbocycles. The largest absolute Gasteiger partial charge is 0.382 e. The number of carbonyl (C=O) groups is 2. The van der Waals surface area contributed by atoms with Crippen LogP contribution in [-0.4, -0.2) is 36.0 Å². The monoisotopic (exact) mass is 276 g/mol. The van der Waals surface area contributed by atoms with Gasteiger partial charge >= 0.3 is 6.03 Å². The van der Waals surface area contributed by atoms with Gasteiger partial charge in [-0.05, 0) is 37.1 Å². The number of hydrogen-bond donors (Lipinski definition) is 3. The average Bonchev–Trinajstić information content (AvgIpc) is 2.41. The maximum absolute atomic E-state index is 11.0. The molecule has 0 atom stereocenters. The minimum absolute atomic E-state index is 0.0791. The molecule has 1 aromatic carbocycles. The molecule has 6 nitrogen and oxygen atoms in total. The van der Waals surface area contributed by atoms with Gasteiger partial charge in [0.05, 0.1) is 0 Å². The quantitative estimate of drug-likeness (QED) is 0.783. The third-order valence-electron chi connectivity index (χ3n) is 3.38. The molecule has 2 rings (SSSR count). The van der Waals surface area contributed by atoms with Crippen LogP contribution < -0.4 is 16.4 Å². The Morgan fingerprint density at radius 3 is 2.20 bits per heavy atom. The number of nitrogens with zero attached hydrogens (tertiary/aromatic N) is 1. The fraction of sp³-hybridized carbons (Fsp3) is 0.429. The normalized spacial score (nSPS) is 15.8. The second kappa shape index (κ2) is 6.27. The van der Waals surface area contributed by atoms with Crippen molar-refractivity contribution < 1.29 is 9.59 Å². The summed E-state index contributed by atoms with van der Waals surface area (Å²) in [4.78, 5) is 23.6. The van der Waals surface area contributed by atoms with Crippen molar-refractivity contribution in [2.75, 3.05) is 23.7 Å². The summed E-state index contributed by atoms with van der Waals surface area (Å²) in [6, 6.07) is 7.60. The number of piperidine rings is 1. The van der Waals surface area contributed by atoms with Crippen molar-refractivity contribution in [2.24, 2.45) is 5.73 Å². The molecular formula is C14H20N4O2. The summed E-state index contributed by atoms with van der Waals surface area (Å²) in [5.74, 6) is -0.0791. The van der Waals surface area contributed by atoms with E-state index in [-0.39, 0.29) is 11.9 Å². The molecule has 0 unspecified atom stereocenters. The zero-order chi connectivity index (χ0) is 14.5. The number of likely N-dealkylation sites (tertiary alicyclic amines) is 1. The molecule has 0 spiro atoms. The van der Waals surface area contributed by atoms with Gasteiger partial charge in [-0.1, -0.05) is 0 Å². The summed E-state index contributed by atoms with van der Waals surface area (Å²) < 4.78 is 0. The van der Waals surface area contributed by atoms with Crippen molar-refractivity contribution in [3.8, 4) is 0 Å². The molecular weight excluding hydrogens is 256 g/mol. The lowest BCUT2D eigenvalue weighted by Crippen LogP contribution is -2.44. The van der Waals surface area contributed by atoms with Crippen LogP contribution in [0.3, 0.4) is 0 Å². The third kappa shape index (κ3) is 3.88. The first-order valence-electron chi connectivity index (χ1n) is 6.73. The van der Waals surface area contributed by atoms with Crippen LogP contribution in [0.15, 0.2) is 24.3 Å². The first-order valence-corrected chi connectivity index (χ1v) is 6.73. The Balaban J connectivity index is 1.85. The Morgan fingerprint density at radius 1 is 1.15 bits per heavy atom. The van der Waals surface area contributed by atoms with Gasteiger partial charge in [-0.25, -0.2) is 4.79 Å². The van der Waals surface area contributed by atoms with E-state index in [2.05, 4.69) is 10.6 Å². The summed E-state index contributed by atoms with van der Waals surface area (Å²) in [6.07, 6.45) is 1.77. The maximum Gasteiger partial charge on any atom is 0.314 e. The van der Waals surface area contributed by atoms with E-state index in [9.17, 15) is 9.59 Å². The number of amides is 3. The van der Waals surface area contributed by atoms with Gasteiger partial charge in [0.1, 0.15) is 0 Å². The molecule has 0 aromatic heterocycles. The lowest BCUT2D eigenvalue weighted by atomic mass is 10.0. The van der Waals surface area contributed by atoms with Gasteiger partial charge < -0.3 is 21.3 Å². The van der Waals surface area contributed by atoms with Crippen LogP contribution in [0.5, 0.6) is 0 Å². The van der Waals surface area contributed by atoms with Crippen LogP contribution in [0.25, 0.3) is 0 Å². The molecule has 20 heavy (non-hydrogen) atoms. The number of urea groups is 1. The van der Waals surface area contributed by atoms with Crippen LogP contribution in [0.4, 0.5) is 16.2 Å². The molecule has 6 heteroatoms. The zero-order valence-corrected chi connectivity index (χ0v) is 11.6. The first-order chi connectivity index (χ1) is 9.54. The van der Waals surface area contributed by atoms with Crippen molar-refractivity contribution in [1.29, 1.82) is 0 Å². The van der Waals surface area contributed by atoms with E-state index in [4.69, 9.17) is 5.73 Å². The summed E-state index contributed by atoms with van der Waals surface area (Å²) in [5, 5.41) is 6.16. The highest BCUT2D eigenvalue weighted by atomic mass is 16.2. The number of primary amides is 1. The molecule has 4 N–H and O–H groups in total. The van der Waals surface area contributed by atoms with E-state index in [1.54, 1.807) is 4.90 Å². The van der Waals surface area contributed by atoms with Crippen LogP contribution in [-0.2, 0) is 4.79 Å². The summed E-state index contributed by atoms with van der Waals surface area (Å²) in [7, 11) is 0. The number of anilines is 2. The minimum Gasteiger partial charge on any atom is -0.382 e. The number of rotatable bonds is 3. The molecule has 0 radical (unpaired) electrons. The lowest BCUT2D eigenvalue weighted by Gasteiger charge is -2.31. The zero-order valence-electron chi connectivity index (χ0n) is 11.6. The van der Waals surface area contributed by atoms with E-state index < -0.39 is 0 Å². The second-order valence-corrected chi connectivity index (χ2v) is 5.00. The second-order valence-electron chi connectivity index (χ2n) is 5.00. The highest BCUT2D eigenvalue weighted by Gasteiger charge is 2.20. The number of nitrogens with two attached hydrogens (primary N) is 1. The Hall–Kier alpha value is -2.24. The predicted octanol–water partition coefficient (Wildman–Crippen LogP) is 1.60.